The smallest absolute Gasteiger partial charge is 0.313 e. The number of nitrogens with one attached hydrogen (secondary N) is 1. The number of aromatic nitrogens is 2. The number of esters is 1. The van der Waals surface area contributed by atoms with E-state index in [1.54, 1.807) is 12.1 Å². The Hall–Kier alpha value is -2.25. The first-order valence-corrected chi connectivity index (χ1v) is 8.67. The summed E-state index contributed by atoms with van der Waals surface area (Å²) in [7, 11) is 1.80. The highest BCUT2D eigenvalue weighted by Gasteiger charge is 2.52. The predicted octanol–water partition coefficient (Wildman–Crippen LogP) is 1.73. The molecule has 0 spiro atoms. The second kappa shape index (κ2) is 6.24. The van der Waals surface area contributed by atoms with E-state index < -0.39 is 0 Å². The summed E-state index contributed by atoms with van der Waals surface area (Å²) in [4.78, 5) is 37.7. The normalized spacial score (nSPS) is 26.2. The number of fused-ring (bicyclic) bond motifs is 2. The second-order valence-electron chi connectivity index (χ2n) is 6.68. The van der Waals surface area contributed by atoms with Crippen molar-refractivity contribution in [1.29, 1.82) is 0 Å². The van der Waals surface area contributed by atoms with Gasteiger partial charge in [-0.25, -0.2) is 4.98 Å². The molecule has 0 unspecified atom stereocenters. The largest absolute Gasteiger partial charge is 0.462 e. The van der Waals surface area contributed by atoms with E-state index in [1.165, 1.54) is 0 Å². The molecular weight excluding hydrogens is 322 g/mol. The van der Waals surface area contributed by atoms with E-state index in [2.05, 4.69) is 16.9 Å². The second-order valence-corrected chi connectivity index (χ2v) is 6.68. The van der Waals surface area contributed by atoms with Gasteiger partial charge in [0, 0.05) is 13.5 Å². The van der Waals surface area contributed by atoms with Crippen LogP contribution >= 0.6 is 0 Å². The Morgan fingerprint density at radius 3 is 3.00 bits per heavy atom. The van der Waals surface area contributed by atoms with Crippen molar-refractivity contribution in [1.82, 2.24) is 15.0 Å². The molecule has 132 valence electrons. The molecule has 1 aromatic carbocycles. The lowest BCUT2D eigenvalue weighted by Crippen LogP contribution is -2.25. The van der Waals surface area contributed by atoms with Crippen LogP contribution in [0.15, 0.2) is 23.0 Å². The standard InChI is InChI=1S/C18H21N3O4/c1-3-4-5-14-19-12-7-6-10(8-11(12)17(22)20-14)16-15-13(25-21(16)2)9-24-18(15)23/h6-8,13,15-16H,3-5,9H2,1-2H3,(H,19,20,22)/t13-,15+,16-/m1/s1. The van der Waals surface area contributed by atoms with Crippen molar-refractivity contribution in [3.05, 3.63) is 39.9 Å². The van der Waals surface area contributed by atoms with Crippen LogP contribution in [-0.4, -0.2) is 40.8 Å². The number of hydrogen-bond acceptors (Lipinski definition) is 6. The number of benzene rings is 1. The first kappa shape index (κ1) is 16.2. The van der Waals surface area contributed by atoms with Crippen molar-refractivity contribution >= 4 is 16.9 Å². The van der Waals surface area contributed by atoms with Gasteiger partial charge in [0.2, 0.25) is 0 Å². The summed E-state index contributed by atoms with van der Waals surface area (Å²) in [5.41, 5.74) is 1.38. The number of aryl methyl sites for hydroxylation is 1. The van der Waals surface area contributed by atoms with Crippen molar-refractivity contribution in [2.75, 3.05) is 13.7 Å². The van der Waals surface area contributed by atoms with Gasteiger partial charge in [-0.1, -0.05) is 19.4 Å². The van der Waals surface area contributed by atoms with E-state index in [0.29, 0.717) is 16.7 Å². The molecule has 7 nitrogen and oxygen atoms in total. The SMILES string of the molecule is CCCCc1nc2ccc([C@@H]3[C@H]4C(=O)OC[C@H]4ON3C)cc2c(=O)[nH]1. The zero-order chi connectivity index (χ0) is 17.6. The van der Waals surface area contributed by atoms with Crippen LogP contribution in [0.2, 0.25) is 0 Å². The third-order valence-electron chi connectivity index (χ3n) is 4.98. The van der Waals surface area contributed by atoms with Crippen LogP contribution in [-0.2, 0) is 20.8 Å². The first-order chi connectivity index (χ1) is 12.1. The van der Waals surface area contributed by atoms with Crippen LogP contribution < -0.4 is 5.56 Å². The molecule has 1 aromatic heterocycles. The lowest BCUT2D eigenvalue weighted by molar-refractivity contribution is -0.161. The van der Waals surface area contributed by atoms with Crippen LogP contribution in [0.1, 0.15) is 37.2 Å². The summed E-state index contributed by atoms with van der Waals surface area (Å²) in [5.74, 6) is 0.104. The van der Waals surface area contributed by atoms with Gasteiger partial charge >= 0.3 is 5.97 Å². The summed E-state index contributed by atoms with van der Waals surface area (Å²) >= 11 is 0. The van der Waals surface area contributed by atoms with E-state index in [0.717, 1.165) is 24.8 Å². The lowest BCUT2D eigenvalue weighted by Gasteiger charge is -2.21. The number of ether oxygens (including phenoxy) is 1. The monoisotopic (exact) mass is 343 g/mol. The van der Waals surface area contributed by atoms with E-state index in [1.807, 2.05) is 18.2 Å². The molecule has 2 aromatic rings. The van der Waals surface area contributed by atoms with Gasteiger partial charge in [0.1, 0.15) is 24.5 Å². The van der Waals surface area contributed by atoms with Gasteiger partial charge in [-0.3, -0.25) is 14.4 Å². The minimum atomic E-state index is -0.363. The Balaban J connectivity index is 1.73. The molecule has 1 N–H and O–H groups in total. The molecule has 7 heteroatoms. The maximum absolute atomic E-state index is 12.5. The summed E-state index contributed by atoms with van der Waals surface area (Å²) in [6, 6.07) is 5.31. The van der Waals surface area contributed by atoms with Gasteiger partial charge in [-0.05, 0) is 24.1 Å². The first-order valence-electron chi connectivity index (χ1n) is 8.67. The summed E-state index contributed by atoms with van der Waals surface area (Å²) in [6.45, 7) is 2.38. The van der Waals surface area contributed by atoms with Crippen LogP contribution in [0.3, 0.4) is 0 Å². The number of carbonyl (C=O) groups is 1. The highest BCUT2D eigenvalue weighted by atomic mass is 16.7. The molecule has 4 rings (SSSR count). The number of H-pyrrole nitrogens is 1. The Morgan fingerprint density at radius 2 is 2.20 bits per heavy atom. The Bertz CT molecular complexity index is 878. The molecule has 2 aliphatic heterocycles. The van der Waals surface area contributed by atoms with Gasteiger partial charge < -0.3 is 9.72 Å². The van der Waals surface area contributed by atoms with E-state index in [-0.39, 0.29) is 36.2 Å². The third kappa shape index (κ3) is 2.73. The number of unbranched alkanes of at least 4 members (excludes halogenated alkanes) is 1. The molecule has 0 saturated carbocycles. The van der Waals surface area contributed by atoms with E-state index >= 15 is 0 Å². The molecule has 3 heterocycles. The average Bonchev–Trinajstić information content (AvgIpc) is 3.11. The zero-order valence-electron chi connectivity index (χ0n) is 14.3. The van der Waals surface area contributed by atoms with Gasteiger partial charge in [-0.2, -0.15) is 5.06 Å². The average molecular weight is 343 g/mol. The fraction of sp³-hybridized carbons (Fsp3) is 0.500. The van der Waals surface area contributed by atoms with Gasteiger partial charge in [-0.15, -0.1) is 0 Å². The molecule has 3 atom stereocenters. The van der Waals surface area contributed by atoms with Crippen molar-refractivity contribution in [3.8, 4) is 0 Å². The maximum atomic E-state index is 12.5. The maximum Gasteiger partial charge on any atom is 0.313 e. The molecule has 25 heavy (non-hydrogen) atoms. The summed E-state index contributed by atoms with van der Waals surface area (Å²) in [5, 5.41) is 2.22. The topological polar surface area (TPSA) is 84.5 Å². The molecule has 0 amide bonds. The van der Waals surface area contributed by atoms with Crippen LogP contribution in [0, 0.1) is 5.92 Å². The fourth-order valence-electron chi connectivity index (χ4n) is 3.72. The van der Waals surface area contributed by atoms with E-state index in [4.69, 9.17) is 9.57 Å². The molecule has 0 bridgehead atoms. The van der Waals surface area contributed by atoms with E-state index in [9.17, 15) is 9.59 Å². The van der Waals surface area contributed by atoms with Crippen molar-refractivity contribution < 1.29 is 14.4 Å². The lowest BCUT2D eigenvalue weighted by atomic mass is 9.91. The Morgan fingerprint density at radius 1 is 1.36 bits per heavy atom. The molecule has 0 aliphatic carbocycles. The Labute approximate surface area is 144 Å². The van der Waals surface area contributed by atoms with Gasteiger partial charge in [0.15, 0.2) is 0 Å². The number of rotatable bonds is 4. The number of hydrogen-bond donors (Lipinski definition) is 1. The molecule has 2 fully saturated rings. The number of nitrogens with zero attached hydrogens (tertiary/aromatic N) is 2. The molecule has 0 radical (unpaired) electrons. The van der Waals surface area contributed by atoms with Crippen LogP contribution in [0.5, 0.6) is 0 Å². The Kier molecular flexibility index (Phi) is 4.05. The summed E-state index contributed by atoms with van der Waals surface area (Å²) in [6.07, 6.45) is 2.54. The minimum absolute atomic E-state index is 0.148. The quantitative estimate of drug-likeness (QED) is 0.851. The highest BCUT2D eigenvalue weighted by molar-refractivity contribution is 5.80. The number of carbonyl (C=O) groups excluding carboxylic acids is 1. The number of hydroxylamine groups is 2. The fourth-order valence-corrected chi connectivity index (χ4v) is 3.72. The third-order valence-corrected chi connectivity index (χ3v) is 4.98. The van der Waals surface area contributed by atoms with Gasteiger partial charge in [0.25, 0.3) is 5.56 Å². The van der Waals surface area contributed by atoms with Crippen LogP contribution in [0.25, 0.3) is 10.9 Å². The molecule has 2 aliphatic rings. The molecule has 2 saturated heterocycles. The predicted molar refractivity (Wildman–Crippen MR) is 90.8 cm³/mol. The minimum Gasteiger partial charge on any atom is -0.462 e. The highest BCUT2D eigenvalue weighted by Crippen LogP contribution is 2.42. The number of cyclic esters (lactones) is 1. The van der Waals surface area contributed by atoms with Crippen LogP contribution in [0.4, 0.5) is 0 Å². The van der Waals surface area contributed by atoms with Gasteiger partial charge in [0.05, 0.1) is 16.9 Å². The van der Waals surface area contributed by atoms with Crippen molar-refractivity contribution in [3.63, 3.8) is 0 Å². The zero-order valence-corrected chi connectivity index (χ0v) is 14.3. The number of aromatic amines is 1. The van der Waals surface area contributed by atoms with Crippen molar-refractivity contribution in [2.45, 2.75) is 38.3 Å². The van der Waals surface area contributed by atoms with Crippen molar-refractivity contribution in [2.24, 2.45) is 5.92 Å². The molecular formula is C18H21N3O4. The summed E-state index contributed by atoms with van der Waals surface area (Å²) < 4.78 is 5.11.